The molecule has 0 bridgehead atoms. The average Bonchev–Trinajstić information content (AvgIpc) is 3.03. The van der Waals surface area contributed by atoms with Gasteiger partial charge >= 0.3 is 17.6 Å². The predicted octanol–water partition coefficient (Wildman–Crippen LogP) is -1.81. The van der Waals surface area contributed by atoms with Crippen molar-refractivity contribution in [2.75, 3.05) is 98.5 Å². The van der Waals surface area contributed by atoms with Crippen LogP contribution in [0.1, 0.15) is 71.6 Å². The summed E-state index contributed by atoms with van der Waals surface area (Å²) < 4.78 is 16.5. The van der Waals surface area contributed by atoms with Gasteiger partial charge in [-0.3, -0.25) is 4.90 Å². The van der Waals surface area contributed by atoms with Gasteiger partial charge in [0.15, 0.2) is 0 Å². The summed E-state index contributed by atoms with van der Waals surface area (Å²) in [7, 11) is -8.07. The van der Waals surface area contributed by atoms with Crippen LogP contribution >= 0.6 is 0 Å². The van der Waals surface area contributed by atoms with Crippen LogP contribution in [0.3, 0.4) is 0 Å². The lowest BCUT2D eigenvalue weighted by Gasteiger charge is -2.26. The first-order valence-corrected chi connectivity index (χ1v) is 22.8. The van der Waals surface area contributed by atoms with E-state index < -0.39 is 35.9 Å². The summed E-state index contributed by atoms with van der Waals surface area (Å²) in [5.41, 5.74) is 0. The Morgan fingerprint density at radius 3 is 1.68 bits per heavy atom. The molecular weight excluding hydrogens is 689 g/mol. The number of rotatable bonds is 38. The molecule has 12 N–H and O–H groups in total. The summed E-state index contributed by atoms with van der Waals surface area (Å²) in [4.78, 5) is 56.2. The summed E-state index contributed by atoms with van der Waals surface area (Å²) in [5.74, 6) is 0.526. The Balaban J connectivity index is 4.32. The van der Waals surface area contributed by atoms with Crippen molar-refractivity contribution in [3.63, 3.8) is 0 Å². The molecule has 4 unspecified atom stereocenters. The second kappa shape index (κ2) is 32.2. The highest BCUT2D eigenvalue weighted by molar-refractivity contribution is 6.56. The van der Waals surface area contributed by atoms with Crippen molar-refractivity contribution >= 4 is 17.6 Å². The second-order valence-corrected chi connectivity index (χ2v) is 17.4. The molecular formula is C32H74N4O12Si2. The lowest BCUT2D eigenvalue weighted by Crippen LogP contribution is -2.41. The molecule has 0 aliphatic carbocycles. The Morgan fingerprint density at radius 1 is 0.560 bits per heavy atom. The monoisotopic (exact) mass is 762 g/mol. The van der Waals surface area contributed by atoms with Gasteiger partial charge in [-0.05, 0) is 51.1 Å². The Hall–Kier alpha value is -0.206. The standard InChI is InChI=1S/C32H74N4O12Si2/c1-3-5-11-29(4-2)25-48-28-32(39)24-36(16-8-6-7-12-34-22-30(37)26-46-18-9-20-49(40,41)42)17-15-33-13-14-35-23-31(38)27-47-19-10-21-50(43,44)45/h29-35,37-45H,3-28H2,1-2H3. The van der Waals surface area contributed by atoms with E-state index in [1.54, 1.807) is 0 Å². The molecule has 0 aromatic carbocycles. The van der Waals surface area contributed by atoms with Crippen LogP contribution in [0.25, 0.3) is 0 Å². The highest BCUT2D eigenvalue weighted by Crippen LogP contribution is 2.13. The van der Waals surface area contributed by atoms with E-state index in [1.165, 1.54) is 12.8 Å². The van der Waals surface area contributed by atoms with E-state index >= 15 is 0 Å². The molecule has 302 valence electrons. The van der Waals surface area contributed by atoms with E-state index in [0.717, 1.165) is 58.3 Å². The number of aliphatic hydroxyl groups excluding tert-OH is 3. The van der Waals surface area contributed by atoms with Crippen molar-refractivity contribution in [1.29, 1.82) is 0 Å². The number of nitrogens with zero attached hydrogens (tertiary/aromatic N) is 1. The van der Waals surface area contributed by atoms with Crippen LogP contribution in [0.15, 0.2) is 0 Å². The fourth-order valence-electron chi connectivity index (χ4n) is 5.13. The molecule has 0 rings (SSSR count). The van der Waals surface area contributed by atoms with Crippen LogP contribution < -0.4 is 16.0 Å². The van der Waals surface area contributed by atoms with Crippen molar-refractivity contribution in [3.8, 4) is 0 Å². The summed E-state index contributed by atoms with van der Waals surface area (Å²) >= 11 is 0. The minimum absolute atomic E-state index is 0.0842. The number of nitrogens with one attached hydrogen (secondary N) is 3. The minimum atomic E-state index is -4.04. The molecule has 4 atom stereocenters. The quantitative estimate of drug-likeness (QED) is 0.0245. The van der Waals surface area contributed by atoms with Gasteiger partial charge in [-0.15, -0.1) is 0 Å². The van der Waals surface area contributed by atoms with Crippen LogP contribution in [0.2, 0.25) is 12.1 Å². The minimum Gasteiger partial charge on any atom is -0.390 e. The Kier molecular flexibility index (Phi) is 32.1. The van der Waals surface area contributed by atoms with Gasteiger partial charge in [-0.1, -0.05) is 39.5 Å². The summed E-state index contributed by atoms with van der Waals surface area (Å²) in [6.45, 7) is 11.9. The van der Waals surface area contributed by atoms with Crippen LogP contribution in [0.5, 0.6) is 0 Å². The summed E-state index contributed by atoms with van der Waals surface area (Å²) in [6, 6.07) is -0.173. The third-order valence-corrected chi connectivity index (χ3v) is 10.1. The number of hydrogen-bond donors (Lipinski definition) is 12. The van der Waals surface area contributed by atoms with Gasteiger partial charge in [-0.2, -0.15) is 0 Å². The normalized spacial score (nSPS) is 15.1. The third-order valence-electron chi connectivity index (χ3n) is 8.07. The smallest absolute Gasteiger partial charge is 0.390 e. The zero-order valence-electron chi connectivity index (χ0n) is 30.9. The van der Waals surface area contributed by atoms with Crippen molar-refractivity contribution < 1.29 is 58.3 Å². The molecule has 0 heterocycles. The average molecular weight is 763 g/mol. The molecule has 0 saturated heterocycles. The first kappa shape index (κ1) is 49.8. The molecule has 0 aliphatic heterocycles. The molecule has 0 saturated carbocycles. The number of hydrogen-bond acceptors (Lipinski definition) is 16. The second-order valence-electron chi connectivity index (χ2n) is 13.3. The topological polar surface area (TPSA) is 249 Å². The van der Waals surface area contributed by atoms with Crippen molar-refractivity contribution in [3.05, 3.63) is 0 Å². The van der Waals surface area contributed by atoms with Crippen molar-refractivity contribution in [2.24, 2.45) is 5.92 Å². The molecule has 50 heavy (non-hydrogen) atoms. The van der Waals surface area contributed by atoms with Crippen LogP contribution in [0, 0.1) is 5.92 Å². The Bertz CT molecular complexity index is 700. The fourth-order valence-corrected chi connectivity index (χ4v) is 6.37. The third kappa shape index (κ3) is 36.2. The Labute approximate surface area is 302 Å². The highest BCUT2D eigenvalue weighted by atomic mass is 28.4. The van der Waals surface area contributed by atoms with E-state index in [1.807, 2.05) is 0 Å². The molecule has 0 aromatic heterocycles. The lowest BCUT2D eigenvalue weighted by atomic mass is 10.0. The van der Waals surface area contributed by atoms with Gasteiger partial charge in [0.2, 0.25) is 0 Å². The van der Waals surface area contributed by atoms with Crippen LogP contribution in [-0.4, -0.2) is 183 Å². The van der Waals surface area contributed by atoms with Gasteiger partial charge in [0.25, 0.3) is 0 Å². The fraction of sp³-hybridized carbons (Fsp3) is 1.00. The lowest BCUT2D eigenvalue weighted by molar-refractivity contribution is 0.00286. The van der Waals surface area contributed by atoms with Gasteiger partial charge < -0.3 is 74.3 Å². The molecule has 0 spiro atoms. The zero-order valence-corrected chi connectivity index (χ0v) is 32.9. The molecule has 16 nitrogen and oxygen atoms in total. The van der Waals surface area contributed by atoms with Gasteiger partial charge in [0, 0.05) is 77.7 Å². The van der Waals surface area contributed by atoms with E-state index in [9.17, 15) is 15.3 Å². The van der Waals surface area contributed by atoms with Gasteiger partial charge in [0.05, 0.1) is 38.1 Å². The van der Waals surface area contributed by atoms with Crippen molar-refractivity contribution in [2.45, 2.75) is 102 Å². The highest BCUT2D eigenvalue weighted by Gasteiger charge is 2.26. The van der Waals surface area contributed by atoms with E-state index in [0.29, 0.717) is 64.7 Å². The first-order chi connectivity index (χ1) is 23.8. The maximum atomic E-state index is 10.7. The van der Waals surface area contributed by atoms with Gasteiger partial charge in [-0.25, -0.2) is 0 Å². The van der Waals surface area contributed by atoms with E-state index in [-0.39, 0.29) is 38.5 Å². The number of ether oxygens (including phenoxy) is 3. The van der Waals surface area contributed by atoms with E-state index in [4.69, 9.17) is 43.0 Å². The molecule has 0 fully saturated rings. The largest absolute Gasteiger partial charge is 0.492 e. The Morgan fingerprint density at radius 2 is 1.12 bits per heavy atom. The maximum Gasteiger partial charge on any atom is 0.492 e. The number of aliphatic hydroxyl groups is 3. The van der Waals surface area contributed by atoms with Crippen LogP contribution in [0.4, 0.5) is 0 Å². The summed E-state index contributed by atoms with van der Waals surface area (Å²) in [5, 5.41) is 40.6. The predicted molar refractivity (Wildman–Crippen MR) is 196 cm³/mol. The molecule has 18 heteroatoms. The molecule has 0 amide bonds. The maximum absolute atomic E-state index is 10.7. The summed E-state index contributed by atoms with van der Waals surface area (Å²) in [6.07, 6.45) is 6.18. The molecule has 0 radical (unpaired) electrons. The van der Waals surface area contributed by atoms with Crippen LogP contribution in [-0.2, 0) is 14.2 Å². The van der Waals surface area contributed by atoms with E-state index in [2.05, 4.69) is 34.7 Å². The van der Waals surface area contributed by atoms with Gasteiger partial charge in [0.1, 0.15) is 0 Å². The number of unbranched alkanes of at least 4 members (excludes halogenated alkanes) is 3. The first-order valence-electron chi connectivity index (χ1n) is 18.7. The molecule has 0 aliphatic rings. The SMILES string of the molecule is CCCCC(CC)COCC(O)CN(CCCCCNCC(O)COCCC[Si](O)(O)O)CCNCCNCC(O)COCCC[Si](O)(O)O. The molecule has 0 aromatic rings. The zero-order chi connectivity index (χ0) is 37.5. The van der Waals surface area contributed by atoms with Crippen molar-refractivity contribution in [1.82, 2.24) is 20.9 Å².